The number of rotatable bonds is 9. The molecular weight excluding hydrogens is 614 g/mol. The Morgan fingerprint density at radius 3 is 2.56 bits per heavy atom. The second-order valence-electron chi connectivity index (χ2n) is 12.8. The zero-order valence-corrected chi connectivity index (χ0v) is 29.2. The lowest BCUT2D eigenvalue weighted by Gasteiger charge is -2.36. The predicted molar refractivity (Wildman–Crippen MR) is 185 cm³/mol. The summed E-state index contributed by atoms with van der Waals surface area (Å²) in [7, 11) is 3.72. The first kappa shape index (κ1) is 36.7. The van der Waals surface area contributed by atoms with Crippen LogP contribution in [0, 0.1) is 19.8 Å². The number of urea groups is 1. The minimum absolute atomic E-state index is 0.0605. The third-order valence-electron chi connectivity index (χ3n) is 8.68. The molecule has 0 spiro atoms. The maximum atomic E-state index is 14.4. The van der Waals surface area contributed by atoms with E-state index in [0.717, 1.165) is 37.1 Å². The quantitative estimate of drug-likeness (QED) is 0.256. The number of nitrogens with one attached hydrogen (secondary N) is 2. The van der Waals surface area contributed by atoms with E-state index in [1.54, 1.807) is 44.1 Å². The van der Waals surface area contributed by atoms with E-state index in [0.29, 0.717) is 53.8 Å². The van der Waals surface area contributed by atoms with E-state index >= 15 is 0 Å². The number of anilines is 2. The average Bonchev–Trinajstić information content (AvgIpc) is 3.38. The van der Waals surface area contributed by atoms with E-state index in [-0.39, 0.29) is 30.6 Å². The number of nitrogens with zero attached hydrogens (tertiary/aromatic N) is 3. The molecule has 262 valence electrons. The summed E-state index contributed by atoms with van der Waals surface area (Å²) in [4.78, 5) is 31.2. The molecule has 0 radical (unpaired) electrons. The van der Waals surface area contributed by atoms with Gasteiger partial charge in [-0.1, -0.05) is 24.2 Å². The van der Waals surface area contributed by atoms with Gasteiger partial charge in [-0.3, -0.25) is 9.69 Å². The Balaban J connectivity index is 1.58. The first-order valence-electron chi connectivity index (χ1n) is 16.7. The van der Waals surface area contributed by atoms with Gasteiger partial charge in [0.1, 0.15) is 22.9 Å². The monoisotopic (exact) mass is 665 g/mol. The van der Waals surface area contributed by atoms with E-state index in [1.807, 2.05) is 26.0 Å². The van der Waals surface area contributed by atoms with Gasteiger partial charge < -0.3 is 39.4 Å². The zero-order chi connectivity index (χ0) is 34.8. The summed E-state index contributed by atoms with van der Waals surface area (Å²) in [6, 6.07) is 12.1. The SMILES string of the molecule is COc1ccc(CN(C)C[C@H]2OCCCC[C@@H](C)Oc3ccc(NC(=O)Nc4c(C)noc4C)cc3C(=O)N([C@@H](C)CO)C[C@H]2C)cc1. The molecule has 1 aromatic heterocycles. The van der Waals surface area contributed by atoms with Gasteiger partial charge in [-0.15, -0.1) is 0 Å². The van der Waals surface area contributed by atoms with Gasteiger partial charge in [0.25, 0.3) is 5.91 Å². The number of aliphatic hydroxyl groups excluding tert-OH is 1. The molecule has 0 unspecified atom stereocenters. The maximum absolute atomic E-state index is 14.4. The summed E-state index contributed by atoms with van der Waals surface area (Å²) >= 11 is 0. The van der Waals surface area contributed by atoms with Crippen molar-refractivity contribution in [2.75, 3.05) is 51.1 Å². The van der Waals surface area contributed by atoms with Crippen LogP contribution >= 0.6 is 0 Å². The number of methoxy groups -OCH3 is 1. The predicted octanol–water partition coefficient (Wildman–Crippen LogP) is 5.87. The van der Waals surface area contributed by atoms with Gasteiger partial charge in [0.05, 0.1) is 37.5 Å². The molecule has 2 heterocycles. The number of aryl methyl sites for hydroxylation is 2. The summed E-state index contributed by atoms with van der Waals surface area (Å²) in [6.45, 7) is 11.5. The largest absolute Gasteiger partial charge is 0.497 e. The lowest BCUT2D eigenvalue weighted by Crippen LogP contribution is -2.47. The Hall–Kier alpha value is -4.13. The van der Waals surface area contributed by atoms with E-state index < -0.39 is 12.1 Å². The molecule has 1 aliphatic rings. The van der Waals surface area contributed by atoms with Crippen molar-refractivity contribution in [1.82, 2.24) is 15.0 Å². The van der Waals surface area contributed by atoms with Gasteiger partial charge in [-0.05, 0) is 89.9 Å². The molecule has 4 rings (SSSR count). The highest BCUT2D eigenvalue weighted by atomic mass is 16.5. The number of hydrogen-bond donors (Lipinski definition) is 3. The van der Waals surface area contributed by atoms with E-state index in [1.165, 1.54) is 0 Å². The van der Waals surface area contributed by atoms with Gasteiger partial charge >= 0.3 is 6.03 Å². The molecule has 0 saturated carbocycles. The number of carbonyl (C=O) groups is 2. The third kappa shape index (κ3) is 9.94. The van der Waals surface area contributed by atoms with Crippen LogP contribution in [-0.4, -0.2) is 90.7 Å². The Morgan fingerprint density at radius 1 is 1.15 bits per heavy atom. The minimum atomic E-state index is -0.500. The Bertz CT molecular complexity index is 1470. The summed E-state index contributed by atoms with van der Waals surface area (Å²) in [5, 5.41) is 19.7. The van der Waals surface area contributed by atoms with Gasteiger partial charge in [0.2, 0.25) is 0 Å². The summed E-state index contributed by atoms with van der Waals surface area (Å²) in [6.07, 6.45) is 2.25. The maximum Gasteiger partial charge on any atom is 0.323 e. The Labute approximate surface area is 283 Å². The molecule has 12 heteroatoms. The number of aromatic nitrogens is 1. The molecule has 3 N–H and O–H groups in total. The molecule has 4 atom stereocenters. The van der Waals surface area contributed by atoms with Crippen LogP contribution in [0.2, 0.25) is 0 Å². The molecule has 48 heavy (non-hydrogen) atoms. The highest BCUT2D eigenvalue weighted by Crippen LogP contribution is 2.29. The first-order valence-corrected chi connectivity index (χ1v) is 16.7. The molecule has 1 aliphatic heterocycles. The van der Waals surface area contributed by atoms with Gasteiger partial charge in [-0.2, -0.15) is 0 Å². The van der Waals surface area contributed by atoms with Crippen molar-refractivity contribution in [2.24, 2.45) is 5.92 Å². The fraction of sp³-hybridized carbons (Fsp3) is 0.528. The summed E-state index contributed by atoms with van der Waals surface area (Å²) in [5.41, 5.74) is 2.92. The van der Waals surface area contributed by atoms with Crippen molar-refractivity contribution >= 4 is 23.3 Å². The molecule has 0 aliphatic carbocycles. The Morgan fingerprint density at radius 2 is 1.90 bits per heavy atom. The van der Waals surface area contributed by atoms with E-state index in [9.17, 15) is 14.7 Å². The number of likely N-dealkylation sites (N-methyl/N-ethyl adjacent to an activating group) is 1. The van der Waals surface area contributed by atoms with Gasteiger partial charge in [0, 0.05) is 37.8 Å². The van der Waals surface area contributed by atoms with Crippen molar-refractivity contribution in [3.8, 4) is 11.5 Å². The second-order valence-corrected chi connectivity index (χ2v) is 12.8. The lowest BCUT2D eigenvalue weighted by molar-refractivity contribution is -0.0177. The van der Waals surface area contributed by atoms with Gasteiger partial charge in [0.15, 0.2) is 5.76 Å². The number of fused-ring (bicyclic) bond motifs is 1. The van der Waals surface area contributed by atoms with Crippen molar-refractivity contribution < 1.29 is 33.4 Å². The number of benzene rings is 2. The smallest absolute Gasteiger partial charge is 0.323 e. The summed E-state index contributed by atoms with van der Waals surface area (Å²) in [5.74, 6) is 1.37. The fourth-order valence-corrected chi connectivity index (χ4v) is 5.81. The molecule has 0 fully saturated rings. The van der Waals surface area contributed by atoms with Crippen molar-refractivity contribution in [3.63, 3.8) is 0 Å². The number of hydrogen-bond acceptors (Lipinski definition) is 9. The van der Waals surface area contributed by atoms with Crippen LogP contribution in [0.15, 0.2) is 47.0 Å². The van der Waals surface area contributed by atoms with E-state index in [4.69, 9.17) is 18.7 Å². The van der Waals surface area contributed by atoms with Crippen LogP contribution in [0.1, 0.15) is 67.4 Å². The van der Waals surface area contributed by atoms with Crippen LogP contribution in [0.5, 0.6) is 11.5 Å². The standard InChI is InChI=1S/C36H51N5O7/c1-23-19-41(24(2)22-42)35(43)31-18-29(37-36(44)38-34-26(4)39-48-27(34)5)13-16-32(31)47-25(3)10-8-9-17-46-33(23)21-40(6)20-28-11-14-30(45-7)15-12-28/h11-16,18,23-25,33,42H,8-10,17,19-22H2,1-7H3,(H2,37,38,44)/t23-,24+,25-,33-/m1/s1. The number of carbonyl (C=O) groups excluding carboxylic acids is 2. The molecular formula is C36H51N5O7. The van der Waals surface area contributed by atoms with Crippen LogP contribution < -0.4 is 20.1 Å². The molecule has 3 aromatic rings. The molecule has 3 amide bonds. The second kappa shape index (κ2) is 17.3. The first-order chi connectivity index (χ1) is 23.0. The normalized spacial score (nSPS) is 20.0. The van der Waals surface area contributed by atoms with E-state index in [2.05, 4.69) is 46.8 Å². The number of aliphatic hydroxyl groups is 1. The highest BCUT2D eigenvalue weighted by molar-refractivity contribution is 6.03. The molecule has 2 aromatic carbocycles. The number of ether oxygens (including phenoxy) is 3. The van der Waals surface area contributed by atoms with Crippen molar-refractivity contribution in [3.05, 3.63) is 65.0 Å². The van der Waals surface area contributed by atoms with Crippen LogP contribution in [0.3, 0.4) is 0 Å². The molecule has 0 saturated heterocycles. The average molecular weight is 666 g/mol. The van der Waals surface area contributed by atoms with Crippen LogP contribution in [0.4, 0.5) is 16.2 Å². The van der Waals surface area contributed by atoms with Crippen molar-refractivity contribution in [1.29, 1.82) is 0 Å². The van der Waals surface area contributed by atoms with Crippen LogP contribution in [-0.2, 0) is 11.3 Å². The number of amides is 3. The molecule has 12 nitrogen and oxygen atoms in total. The molecule has 0 bridgehead atoms. The van der Waals surface area contributed by atoms with Gasteiger partial charge in [-0.25, -0.2) is 4.79 Å². The summed E-state index contributed by atoms with van der Waals surface area (Å²) < 4.78 is 23.3. The third-order valence-corrected chi connectivity index (χ3v) is 8.68. The van der Waals surface area contributed by atoms with Crippen molar-refractivity contribution in [2.45, 2.75) is 78.7 Å². The van der Waals surface area contributed by atoms with Crippen LogP contribution in [0.25, 0.3) is 0 Å². The minimum Gasteiger partial charge on any atom is -0.497 e. The topological polar surface area (TPSA) is 139 Å². The highest BCUT2D eigenvalue weighted by Gasteiger charge is 2.30. The Kier molecular flexibility index (Phi) is 13.2. The zero-order valence-electron chi connectivity index (χ0n) is 29.2. The lowest BCUT2D eigenvalue weighted by atomic mass is 10.0. The fourth-order valence-electron chi connectivity index (χ4n) is 5.81.